The van der Waals surface area contributed by atoms with E-state index in [1.165, 1.54) is 11.3 Å². The van der Waals surface area contributed by atoms with E-state index in [4.69, 9.17) is 0 Å². The lowest BCUT2D eigenvalue weighted by atomic mass is 10.0. The molecule has 1 saturated carbocycles. The van der Waals surface area contributed by atoms with Gasteiger partial charge >= 0.3 is 0 Å². The van der Waals surface area contributed by atoms with Crippen LogP contribution in [0.1, 0.15) is 28.1 Å². The molecule has 1 aliphatic rings. The number of aryl methyl sites for hydroxylation is 1. The highest BCUT2D eigenvalue weighted by Gasteiger charge is 2.28. The Morgan fingerprint density at radius 1 is 1.07 bits per heavy atom. The second-order valence-corrected chi connectivity index (χ2v) is 8.63. The maximum absolute atomic E-state index is 13.1. The molecule has 29 heavy (non-hydrogen) atoms. The van der Waals surface area contributed by atoms with Crippen LogP contribution in [0.3, 0.4) is 0 Å². The van der Waals surface area contributed by atoms with E-state index in [0.717, 1.165) is 28.8 Å². The molecule has 0 atom stereocenters. The van der Waals surface area contributed by atoms with Crippen molar-refractivity contribution in [2.24, 2.45) is 5.92 Å². The van der Waals surface area contributed by atoms with Crippen molar-refractivity contribution in [3.63, 3.8) is 0 Å². The fourth-order valence-electron chi connectivity index (χ4n) is 3.19. The average molecular weight is 406 g/mol. The molecule has 1 aliphatic carbocycles. The Kier molecular flexibility index (Phi) is 5.71. The number of nitrogens with zero attached hydrogens (tertiary/aromatic N) is 2. The predicted molar refractivity (Wildman–Crippen MR) is 116 cm³/mol. The number of nitrogens with one attached hydrogen (secondary N) is 1. The molecule has 0 spiro atoms. The molecule has 0 aliphatic heterocycles. The maximum atomic E-state index is 13.1. The van der Waals surface area contributed by atoms with Crippen LogP contribution in [0.25, 0.3) is 11.1 Å². The zero-order chi connectivity index (χ0) is 20.2. The number of anilines is 1. The molecule has 1 heterocycles. The van der Waals surface area contributed by atoms with Gasteiger partial charge in [-0.25, -0.2) is 4.98 Å². The Hall–Kier alpha value is -2.99. The Morgan fingerprint density at radius 3 is 2.38 bits per heavy atom. The van der Waals surface area contributed by atoms with Gasteiger partial charge in [-0.1, -0.05) is 42.5 Å². The van der Waals surface area contributed by atoms with E-state index < -0.39 is 0 Å². The number of carbonyl (C=O) groups is 2. The summed E-state index contributed by atoms with van der Waals surface area (Å²) in [5.41, 5.74) is 2.77. The van der Waals surface area contributed by atoms with Crippen LogP contribution in [-0.4, -0.2) is 34.8 Å². The Bertz CT molecular complexity index is 994. The molecule has 1 aromatic heterocycles. The maximum Gasteiger partial charge on any atom is 0.254 e. The molecule has 1 fully saturated rings. The van der Waals surface area contributed by atoms with E-state index in [9.17, 15) is 9.59 Å². The summed E-state index contributed by atoms with van der Waals surface area (Å²) in [5.74, 6) is 0.175. The monoisotopic (exact) mass is 405 g/mol. The van der Waals surface area contributed by atoms with Crippen LogP contribution in [0.4, 0.5) is 5.13 Å². The number of carbonyl (C=O) groups excluding carboxylic acids is 2. The van der Waals surface area contributed by atoms with Crippen LogP contribution in [0.2, 0.25) is 0 Å². The van der Waals surface area contributed by atoms with Gasteiger partial charge in [0.25, 0.3) is 5.91 Å². The highest BCUT2D eigenvalue weighted by atomic mass is 32.1. The molecule has 0 saturated heterocycles. The summed E-state index contributed by atoms with van der Waals surface area (Å²) < 4.78 is 0. The smallest absolute Gasteiger partial charge is 0.254 e. The number of aromatic nitrogens is 1. The summed E-state index contributed by atoms with van der Waals surface area (Å²) in [4.78, 5) is 32.4. The fraction of sp³-hybridized carbons (Fsp3) is 0.261. The quantitative estimate of drug-likeness (QED) is 0.624. The van der Waals surface area contributed by atoms with Crippen molar-refractivity contribution < 1.29 is 9.59 Å². The second kappa shape index (κ2) is 8.57. The van der Waals surface area contributed by atoms with Crippen LogP contribution >= 0.6 is 11.3 Å². The highest BCUT2D eigenvalue weighted by molar-refractivity contribution is 7.15. The molecule has 5 nitrogen and oxygen atoms in total. The summed E-state index contributed by atoms with van der Waals surface area (Å²) in [7, 11) is 0. The number of thiazole rings is 1. The largest absolute Gasteiger partial charge is 0.329 e. The van der Waals surface area contributed by atoms with Crippen molar-refractivity contribution in [3.05, 3.63) is 71.2 Å². The minimum Gasteiger partial charge on any atom is -0.329 e. The van der Waals surface area contributed by atoms with Gasteiger partial charge in [0.05, 0.1) is 0 Å². The van der Waals surface area contributed by atoms with E-state index in [-0.39, 0.29) is 18.4 Å². The molecular weight excluding hydrogens is 382 g/mol. The van der Waals surface area contributed by atoms with Gasteiger partial charge in [-0.15, -0.1) is 11.3 Å². The van der Waals surface area contributed by atoms with Crippen molar-refractivity contribution in [3.8, 4) is 11.1 Å². The van der Waals surface area contributed by atoms with Gasteiger partial charge in [-0.05, 0) is 48.9 Å². The number of hydrogen-bond donors (Lipinski definition) is 1. The summed E-state index contributed by atoms with van der Waals surface area (Å²) >= 11 is 1.43. The standard InChI is InChI=1S/C23H23N3O2S/c1-16-13-24-23(29-16)25-21(27)15-26(14-17-7-8-17)22(28)20-11-9-19(10-12-20)18-5-3-2-4-6-18/h2-6,9-13,17H,7-8,14-15H2,1H3,(H,24,25,27). The number of hydrogen-bond acceptors (Lipinski definition) is 4. The zero-order valence-corrected chi connectivity index (χ0v) is 17.1. The Balaban J connectivity index is 1.45. The Labute approximate surface area is 174 Å². The topological polar surface area (TPSA) is 62.3 Å². The summed E-state index contributed by atoms with van der Waals surface area (Å²) in [6.45, 7) is 2.59. The first-order valence-electron chi connectivity index (χ1n) is 9.75. The molecule has 2 aromatic carbocycles. The first kappa shape index (κ1) is 19.3. The van der Waals surface area contributed by atoms with E-state index in [2.05, 4.69) is 10.3 Å². The van der Waals surface area contributed by atoms with Crippen LogP contribution in [0.5, 0.6) is 0 Å². The van der Waals surface area contributed by atoms with Crippen molar-refractivity contribution in [1.82, 2.24) is 9.88 Å². The first-order chi connectivity index (χ1) is 14.1. The van der Waals surface area contributed by atoms with E-state index >= 15 is 0 Å². The minimum absolute atomic E-state index is 0.0361. The van der Waals surface area contributed by atoms with Crippen molar-refractivity contribution in [1.29, 1.82) is 0 Å². The third kappa shape index (κ3) is 5.09. The highest BCUT2D eigenvalue weighted by Crippen LogP contribution is 2.30. The van der Waals surface area contributed by atoms with Crippen molar-refractivity contribution in [2.45, 2.75) is 19.8 Å². The van der Waals surface area contributed by atoms with E-state index in [1.807, 2.05) is 61.5 Å². The summed E-state index contributed by atoms with van der Waals surface area (Å²) in [6.07, 6.45) is 3.95. The van der Waals surface area contributed by atoms with Gasteiger partial charge in [-0.3, -0.25) is 9.59 Å². The van der Waals surface area contributed by atoms with Gasteiger partial charge < -0.3 is 10.2 Å². The molecule has 4 rings (SSSR count). The predicted octanol–water partition coefficient (Wildman–Crippen LogP) is 4.61. The van der Waals surface area contributed by atoms with Gasteiger partial charge in [0.15, 0.2) is 5.13 Å². The van der Waals surface area contributed by atoms with E-state index in [1.54, 1.807) is 11.1 Å². The zero-order valence-electron chi connectivity index (χ0n) is 16.3. The molecule has 0 bridgehead atoms. The van der Waals surface area contributed by atoms with Gasteiger partial charge in [0.1, 0.15) is 6.54 Å². The normalized spacial score (nSPS) is 13.1. The van der Waals surface area contributed by atoms with Crippen LogP contribution in [0, 0.1) is 12.8 Å². The molecule has 0 unspecified atom stereocenters. The van der Waals surface area contributed by atoms with Gasteiger partial charge in [0.2, 0.25) is 5.91 Å². The fourth-order valence-corrected chi connectivity index (χ4v) is 3.88. The SMILES string of the molecule is Cc1cnc(NC(=O)CN(CC2CC2)C(=O)c2ccc(-c3ccccc3)cc2)s1. The van der Waals surface area contributed by atoms with E-state index in [0.29, 0.717) is 23.2 Å². The molecule has 148 valence electrons. The third-order valence-electron chi connectivity index (χ3n) is 4.90. The minimum atomic E-state index is -0.214. The van der Waals surface area contributed by atoms with Crippen LogP contribution in [0.15, 0.2) is 60.8 Å². The Morgan fingerprint density at radius 2 is 1.76 bits per heavy atom. The molecule has 2 amide bonds. The number of amides is 2. The number of rotatable bonds is 7. The van der Waals surface area contributed by atoms with Crippen LogP contribution in [-0.2, 0) is 4.79 Å². The molecular formula is C23H23N3O2S. The number of benzene rings is 2. The lowest BCUT2D eigenvalue weighted by Crippen LogP contribution is -2.39. The first-order valence-corrected chi connectivity index (χ1v) is 10.6. The lowest BCUT2D eigenvalue weighted by molar-refractivity contribution is -0.116. The molecule has 3 aromatic rings. The lowest BCUT2D eigenvalue weighted by Gasteiger charge is -2.22. The molecule has 0 radical (unpaired) electrons. The van der Waals surface area contributed by atoms with Gasteiger partial charge in [0, 0.05) is 23.2 Å². The van der Waals surface area contributed by atoms with Crippen molar-refractivity contribution in [2.75, 3.05) is 18.4 Å². The summed E-state index contributed by atoms with van der Waals surface area (Å²) in [5, 5.41) is 3.37. The van der Waals surface area contributed by atoms with Crippen molar-refractivity contribution >= 4 is 28.3 Å². The average Bonchev–Trinajstić information content (AvgIpc) is 3.47. The second-order valence-electron chi connectivity index (χ2n) is 7.40. The molecule has 6 heteroatoms. The third-order valence-corrected chi connectivity index (χ3v) is 5.73. The summed E-state index contributed by atoms with van der Waals surface area (Å²) in [6, 6.07) is 17.6. The van der Waals surface area contributed by atoms with Crippen LogP contribution < -0.4 is 5.32 Å². The van der Waals surface area contributed by atoms with Gasteiger partial charge in [-0.2, -0.15) is 0 Å². The molecule has 1 N–H and O–H groups in total.